The second-order valence-electron chi connectivity index (χ2n) is 4.31. The van der Waals surface area contributed by atoms with E-state index in [-0.39, 0.29) is 17.9 Å². The smallest absolute Gasteiger partial charge is 0.354 e. The van der Waals surface area contributed by atoms with Gasteiger partial charge in [0, 0.05) is 12.0 Å². The summed E-state index contributed by atoms with van der Waals surface area (Å²) in [4.78, 5) is 11.5. The van der Waals surface area contributed by atoms with Gasteiger partial charge in [0.2, 0.25) is 0 Å². The Balaban J connectivity index is 2.03. The highest BCUT2D eigenvalue weighted by Gasteiger charge is 2.41. The zero-order chi connectivity index (χ0) is 11.8. The van der Waals surface area contributed by atoms with Crippen LogP contribution in [0.3, 0.4) is 0 Å². The van der Waals surface area contributed by atoms with Crippen LogP contribution in [0, 0.1) is 5.92 Å². The maximum absolute atomic E-state index is 11.5. The Hall–Kier alpha value is -0.410. The number of ether oxygens (including phenoxy) is 1. The molecule has 90 valence electrons. The third-order valence-electron chi connectivity index (χ3n) is 3.09. The van der Waals surface area contributed by atoms with Crippen LogP contribution in [0.25, 0.3) is 0 Å². The molecule has 1 saturated carbocycles. The first-order valence-electron chi connectivity index (χ1n) is 5.55. The van der Waals surface area contributed by atoms with Gasteiger partial charge in [-0.05, 0) is 32.3 Å². The monoisotopic (exact) mass is 263 g/mol. The standard InChI is InChI=1S/C11H15Cl2NO2/c1-2-16-10(15)9-5-7-6-11(12,13)4-3-8(7)14-9/h5,7-8,14H,2-4,6H2,1H3. The summed E-state index contributed by atoms with van der Waals surface area (Å²) in [5.74, 6) is -0.0465. The number of hydrogen-bond donors (Lipinski definition) is 1. The van der Waals surface area contributed by atoms with Gasteiger partial charge in [-0.25, -0.2) is 4.79 Å². The average Bonchev–Trinajstić information content (AvgIpc) is 2.59. The molecule has 0 radical (unpaired) electrons. The number of esters is 1. The van der Waals surface area contributed by atoms with Crippen molar-refractivity contribution in [2.24, 2.45) is 5.92 Å². The van der Waals surface area contributed by atoms with Crippen molar-refractivity contribution in [1.82, 2.24) is 5.32 Å². The second kappa shape index (κ2) is 4.46. The number of rotatable bonds is 2. The zero-order valence-corrected chi connectivity index (χ0v) is 10.6. The van der Waals surface area contributed by atoms with Gasteiger partial charge < -0.3 is 10.1 Å². The Morgan fingerprint density at radius 2 is 2.44 bits per heavy atom. The fourth-order valence-electron chi connectivity index (χ4n) is 2.32. The van der Waals surface area contributed by atoms with E-state index in [1.54, 1.807) is 6.92 Å². The molecule has 1 aliphatic carbocycles. The summed E-state index contributed by atoms with van der Waals surface area (Å²) < 4.78 is 4.30. The minimum Gasteiger partial charge on any atom is -0.461 e. The molecule has 16 heavy (non-hydrogen) atoms. The van der Waals surface area contributed by atoms with Gasteiger partial charge in [0.25, 0.3) is 0 Å². The average molecular weight is 264 g/mol. The predicted octanol–water partition coefficient (Wildman–Crippen LogP) is 2.38. The number of alkyl halides is 2. The number of hydrogen-bond acceptors (Lipinski definition) is 3. The first-order chi connectivity index (χ1) is 7.52. The lowest BCUT2D eigenvalue weighted by molar-refractivity contribution is -0.138. The number of halogens is 2. The van der Waals surface area contributed by atoms with Gasteiger partial charge in [0.15, 0.2) is 0 Å². The summed E-state index contributed by atoms with van der Waals surface area (Å²) in [5.41, 5.74) is 0.558. The molecule has 0 aromatic rings. The van der Waals surface area contributed by atoms with Crippen LogP contribution in [-0.2, 0) is 9.53 Å². The normalized spacial score (nSPS) is 31.3. The van der Waals surface area contributed by atoms with E-state index in [4.69, 9.17) is 27.9 Å². The van der Waals surface area contributed by atoms with E-state index < -0.39 is 4.33 Å². The van der Waals surface area contributed by atoms with Crippen molar-refractivity contribution in [3.05, 3.63) is 11.8 Å². The van der Waals surface area contributed by atoms with E-state index in [1.807, 2.05) is 6.08 Å². The quantitative estimate of drug-likeness (QED) is 0.614. The SMILES string of the molecule is CCOC(=O)C1=CC2CC(Cl)(Cl)CCC2N1. The topological polar surface area (TPSA) is 38.3 Å². The van der Waals surface area contributed by atoms with Crippen LogP contribution in [0.15, 0.2) is 11.8 Å². The lowest BCUT2D eigenvalue weighted by Gasteiger charge is -2.33. The Morgan fingerprint density at radius 3 is 3.12 bits per heavy atom. The Labute approximate surface area is 105 Å². The predicted molar refractivity (Wildman–Crippen MR) is 63.4 cm³/mol. The highest BCUT2D eigenvalue weighted by molar-refractivity contribution is 6.48. The third-order valence-corrected chi connectivity index (χ3v) is 3.78. The van der Waals surface area contributed by atoms with Gasteiger partial charge in [-0.2, -0.15) is 0 Å². The molecule has 0 aromatic carbocycles. The lowest BCUT2D eigenvalue weighted by Crippen LogP contribution is -2.38. The number of carbonyl (C=O) groups is 1. The molecule has 2 rings (SSSR count). The van der Waals surface area contributed by atoms with Gasteiger partial charge in [0.05, 0.1) is 6.61 Å². The van der Waals surface area contributed by atoms with Crippen LogP contribution < -0.4 is 5.32 Å². The molecule has 1 heterocycles. The molecule has 1 fully saturated rings. The van der Waals surface area contributed by atoms with Crippen LogP contribution in [0.4, 0.5) is 0 Å². The van der Waals surface area contributed by atoms with Gasteiger partial charge in [-0.1, -0.05) is 0 Å². The molecule has 0 amide bonds. The maximum atomic E-state index is 11.5. The van der Waals surface area contributed by atoms with E-state index in [0.717, 1.165) is 12.8 Å². The molecule has 1 N–H and O–H groups in total. The van der Waals surface area contributed by atoms with Crippen molar-refractivity contribution in [3.8, 4) is 0 Å². The van der Waals surface area contributed by atoms with Gasteiger partial charge in [-0.3, -0.25) is 0 Å². The summed E-state index contributed by atoms with van der Waals surface area (Å²) >= 11 is 12.2. The Kier molecular flexibility index (Phi) is 3.36. The first kappa shape index (κ1) is 12.1. The van der Waals surface area contributed by atoms with Gasteiger partial charge in [0.1, 0.15) is 10.0 Å². The van der Waals surface area contributed by atoms with Crippen molar-refractivity contribution in [2.45, 2.75) is 36.6 Å². The Bertz CT molecular complexity index is 328. The summed E-state index contributed by atoms with van der Waals surface area (Å²) in [6.07, 6.45) is 4.24. The second-order valence-corrected chi connectivity index (χ2v) is 5.95. The fraction of sp³-hybridized carbons (Fsp3) is 0.727. The highest BCUT2D eigenvalue weighted by atomic mass is 35.5. The van der Waals surface area contributed by atoms with Crippen LogP contribution in [0.1, 0.15) is 26.2 Å². The molecule has 2 atom stereocenters. The molecule has 5 heteroatoms. The van der Waals surface area contributed by atoms with Crippen LogP contribution in [0.2, 0.25) is 0 Å². The van der Waals surface area contributed by atoms with Crippen LogP contribution in [0.5, 0.6) is 0 Å². The van der Waals surface area contributed by atoms with Crippen LogP contribution >= 0.6 is 23.2 Å². The van der Waals surface area contributed by atoms with Gasteiger partial charge >= 0.3 is 5.97 Å². The highest BCUT2D eigenvalue weighted by Crippen LogP contribution is 2.43. The molecular weight excluding hydrogens is 249 g/mol. The van der Waals surface area contributed by atoms with Crippen molar-refractivity contribution in [3.63, 3.8) is 0 Å². The molecule has 1 aliphatic heterocycles. The summed E-state index contributed by atoms with van der Waals surface area (Å²) in [6.45, 7) is 2.19. The van der Waals surface area contributed by atoms with Crippen molar-refractivity contribution in [2.75, 3.05) is 6.61 Å². The number of carbonyl (C=O) groups excluding carboxylic acids is 1. The maximum Gasteiger partial charge on any atom is 0.354 e. The number of fused-ring (bicyclic) bond motifs is 1. The molecule has 0 spiro atoms. The van der Waals surface area contributed by atoms with Crippen molar-refractivity contribution in [1.29, 1.82) is 0 Å². The summed E-state index contributed by atoms with van der Waals surface area (Å²) in [7, 11) is 0. The Morgan fingerprint density at radius 1 is 1.69 bits per heavy atom. The van der Waals surface area contributed by atoms with E-state index in [9.17, 15) is 4.79 Å². The fourth-order valence-corrected chi connectivity index (χ4v) is 2.90. The van der Waals surface area contributed by atoms with Crippen molar-refractivity contribution < 1.29 is 9.53 Å². The van der Waals surface area contributed by atoms with E-state index in [0.29, 0.717) is 18.7 Å². The number of nitrogens with one attached hydrogen (secondary N) is 1. The van der Waals surface area contributed by atoms with E-state index in [1.165, 1.54) is 0 Å². The molecule has 0 saturated heterocycles. The largest absolute Gasteiger partial charge is 0.461 e. The molecule has 3 nitrogen and oxygen atoms in total. The molecule has 2 unspecified atom stereocenters. The molecule has 0 aromatic heterocycles. The third kappa shape index (κ3) is 2.46. The first-order valence-corrected chi connectivity index (χ1v) is 6.31. The molecule has 0 bridgehead atoms. The van der Waals surface area contributed by atoms with Crippen LogP contribution in [-0.4, -0.2) is 23.0 Å². The van der Waals surface area contributed by atoms with E-state index in [2.05, 4.69) is 5.32 Å². The summed E-state index contributed by atoms with van der Waals surface area (Å²) in [6, 6.07) is 0.282. The minimum atomic E-state index is -0.649. The molecule has 2 aliphatic rings. The van der Waals surface area contributed by atoms with Gasteiger partial charge in [-0.15, -0.1) is 23.2 Å². The zero-order valence-electron chi connectivity index (χ0n) is 9.13. The minimum absolute atomic E-state index is 0.239. The molecular formula is C11H15Cl2NO2. The van der Waals surface area contributed by atoms with E-state index >= 15 is 0 Å². The lowest BCUT2D eigenvalue weighted by atomic mass is 9.86. The van der Waals surface area contributed by atoms with Crippen molar-refractivity contribution >= 4 is 29.2 Å². The summed E-state index contributed by atoms with van der Waals surface area (Å²) in [5, 5.41) is 3.18.